The Morgan fingerprint density at radius 3 is 2.62 bits per heavy atom. The molecule has 2 fully saturated rings. The SMILES string of the molecule is C=C(/C=c1\c(=C/N)[nH]c2ncc(F)c(N3CCC(N4CCN(C)CC4)CC3)c12)c1cccnc1. The van der Waals surface area contributed by atoms with Gasteiger partial charge >= 0.3 is 0 Å². The second-order valence-corrected chi connectivity index (χ2v) is 9.27. The van der Waals surface area contributed by atoms with E-state index >= 15 is 4.39 Å². The minimum atomic E-state index is -0.310. The van der Waals surface area contributed by atoms with Gasteiger partial charge in [0.05, 0.1) is 22.6 Å². The van der Waals surface area contributed by atoms with Gasteiger partial charge in [0.1, 0.15) is 5.65 Å². The number of likely N-dealkylation sites (N-methyl/N-ethyl adjacent to an activating group) is 1. The van der Waals surface area contributed by atoms with Crippen LogP contribution in [-0.4, -0.2) is 77.1 Å². The molecule has 3 N–H and O–H groups in total. The Hall–Kier alpha value is -3.23. The Balaban J connectivity index is 1.50. The molecule has 3 aromatic rings. The number of nitrogens with zero attached hydrogens (tertiary/aromatic N) is 5. The van der Waals surface area contributed by atoms with Crippen molar-refractivity contribution in [1.29, 1.82) is 0 Å². The summed E-state index contributed by atoms with van der Waals surface area (Å²) in [7, 11) is 2.18. The van der Waals surface area contributed by atoms with E-state index in [-0.39, 0.29) is 5.82 Å². The fourth-order valence-electron chi connectivity index (χ4n) is 5.20. The van der Waals surface area contributed by atoms with Crippen LogP contribution < -0.4 is 21.2 Å². The van der Waals surface area contributed by atoms with Crippen LogP contribution in [0.5, 0.6) is 0 Å². The Kier molecular flexibility index (Phi) is 6.34. The fraction of sp³-hybridized carbons (Fsp3) is 0.385. The molecule has 5 heterocycles. The predicted molar refractivity (Wildman–Crippen MR) is 136 cm³/mol. The molecule has 0 aliphatic carbocycles. The number of anilines is 1. The lowest BCUT2D eigenvalue weighted by Gasteiger charge is -2.42. The average Bonchev–Trinajstić information content (AvgIpc) is 3.22. The molecule has 2 aliphatic heterocycles. The van der Waals surface area contributed by atoms with Gasteiger partial charge in [0, 0.05) is 69.1 Å². The van der Waals surface area contributed by atoms with Crippen LogP contribution in [0.3, 0.4) is 0 Å². The Bertz CT molecular complexity index is 1280. The zero-order valence-electron chi connectivity index (χ0n) is 19.7. The highest BCUT2D eigenvalue weighted by atomic mass is 19.1. The summed E-state index contributed by atoms with van der Waals surface area (Å²) in [6.07, 6.45) is 10.3. The second-order valence-electron chi connectivity index (χ2n) is 9.27. The molecule has 0 unspecified atom stereocenters. The highest BCUT2D eigenvalue weighted by molar-refractivity contribution is 5.96. The summed E-state index contributed by atoms with van der Waals surface area (Å²) in [5.41, 5.74) is 8.84. The highest BCUT2D eigenvalue weighted by Crippen LogP contribution is 2.29. The van der Waals surface area contributed by atoms with E-state index in [0.29, 0.717) is 22.7 Å². The lowest BCUT2D eigenvalue weighted by atomic mass is 10.0. The molecule has 5 rings (SSSR count). The topological polar surface area (TPSA) is 77.3 Å². The van der Waals surface area contributed by atoms with Gasteiger partial charge in [-0.05, 0) is 43.2 Å². The number of nitrogens with one attached hydrogen (secondary N) is 1. The molecule has 0 aromatic carbocycles. The van der Waals surface area contributed by atoms with E-state index in [9.17, 15) is 0 Å². The first-order chi connectivity index (χ1) is 16.5. The molecule has 0 spiro atoms. The predicted octanol–water partition coefficient (Wildman–Crippen LogP) is 1.50. The molecule has 0 radical (unpaired) electrons. The van der Waals surface area contributed by atoms with Gasteiger partial charge in [0.25, 0.3) is 0 Å². The van der Waals surface area contributed by atoms with Crippen molar-refractivity contribution in [1.82, 2.24) is 24.8 Å². The summed E-state index contributed by atoms with van der Waals surface area (Å²) >= 11 is 0. The van der Waals surface area contributed by atoms with Crippen molar-refractivity contribution in [3.8, 4) is 0 Å². The number of pyridine rings is 2. The maximum atomic E-state index is 15.3. The third-order valence-corrected chi connectivity index (χ3v) is 7.17. The number of fused-ring (bicyclic) bond motifs is 1. The van der Waals surface area contributed by atoms with E-state index in [1.165, 1.54) is 12.4 Å². The van der Waals surface area contributed by atoms with Gasteiger partial charge in [-0.3, -0.25) is 9.88 Å². The average molecular weight is 462 g/mol. The zero-order chi connectivity index (χ0) is 23.7. The van der Waals surface area contributed by atoms with Crippen LogP contribution in [0.15, 0.2) is 37.3 Å². The molecular weight excluding hydrogens is 429 g/mol. The van der Waals surface area contributed by atoms with Gasteiger partial charge in [0.2, 0.25) is 0 Å². The van der Waals surface area contributed by atoms with Crippen molar-refractivity contribution in [3.63, 3.8) is 0 Å². The van der Waals surface area contributed by atoms with Gasteiger partial charge in [-0.15, -0.1) is 0 Å². The quantitative estimate of drug-likeness (QED) is 0.613. The molecule has 0 saturated carbocycles. The Morgan fingerprint density at radius 1 is 1.18 bits per heavy atom. The minimum absolute atomic E-state index is 0.310. The maximum absolute atomic E-state index is 15.3. The summed E-state index contributed by atoms with van der Waals surface area (Å²) in [6.45, 7) is 10.3. The van der Waals surface area contributed by atoms with Crippen molar-refractivity contribution in [2.75, 3.05) is 51.2 Å². The van der Waals surface area contributed by atoms with Gasteiger partial charge in [-0.2, -0.15) is 0 Å². The number of piperidine rings is 1. The van der Waals surface area contributed by atoms with Crippen LogP contribution in [0, 0.1) is 5.82 Å². The highest BCUT2D eigenvalue weighted by Gasteiger charge is 2.29. The number of halogens is 1. The van der Waals surface area contributed by atoms with Crippen LogP contribution in [0.25, 0.3) is 28.9 Å². The van der Waals surface area contributed by atoms with Crippen molar-refractivity contribution in [2.45, 2.75) is 18.9 Å². The summed E-state index contributed by atoms with van der Waals surface area (Å²) in [4.78, 5) is 18.9. The normalized spacial score (nSPS) is 19.9. The van der Waals surface area contributed by atoms with Gasteiger partial charge < -0.3 is 20.5 Å². The number of H-pyrrole nitrogens is 1. The van der Waals surface area contributed by atoms with Gasteiger partial charge in [-0.1, -0.05) is 12.6 Å². The number of allylic oxidation sites excluding steroid dienone is 1. The lowest BCUT2D eigenvalue weighted by Crippen LogP contribution is -2.52. The second kappa shape index (κ2) is 9.56. The molecule has 8 heteroatoms. The fourth-order valence-corrected chi connectivity index (χ4v) is 5.20. The number of rotatable bonds is 4. The molecule has 3 aromatic heterocycles. The molecule has 34 heavy (non-hydrogen) atoms. The number of piperazine rings is 1. The summed E-state index contributed by atoms with van der Waals surface area (Å²) in [5, 5.41) is 2.25. The van der Waals surface area contributed by atoms with Crippen LogP contribution in [0.1, 0.15) is 18.4 Å². The molecular formula is C26H32FN7. The van der Waals surface area contributed by atoms with Crippen molar-refractivity contribution in [2.24, 2.45) is 5.73 Å². The largest absolute Gasteiger partial charge is 0.403 e. The van der Waals surface area contributed by atoms with Crippen LogP contribution in [0.2, 0.25) is 0 Å². The minimum Gasteiger partial charge on any atom is -0.403 e. The standard InChI is InChI=1S/C26H32FN7/c1-18(19-4-3-7-29-16-19)14-21-23(15-28)31-26-24(21)25(22(27)17-30-26)34-8-5-20(6-9-34)33-12-10-32(2)11-13-33/h3-4,7,14-17,20H,1,5-6,8-13,28H2,2H3,(H,30,31)/b21-14+,23-15+. The third kappa shape index (κ3) is 4.31. The van der Waals surface area contributed by atoms with Crippen molar-refractivity contribution < 1.29 is 4.39 Å². The summed E-state index contributed by atoms with van der Waals surface area (Å²) in [6, 6.07) is 4.38. The number of aromatic nitrogens is 3. The smallest absolute Gasteiger partial charge is 0.165 e. The number of nitrogens with two attached hydrogens (primary N) is 1. The van der Waals surface area contributed by atoms with E-state index < -0.39 is 0 Å². The molecule has 7 nitrogen and oxygen atoms in total. The summed E-state index contributed by atoms with van der Waals surface area (Å²) < 4.78 is 15.3. The molecule has 2 saturated heterocycles. The Morgan fingerprint density at radius 2 is 1.94 bits per heavy atom. The van der Waals surface area contributed by atoms with E-state index in [1.807, 2.05) is 18.2 Å². The van der Waals surface area contributed by atoms with Crippen LogP contribution >= 0.6 is 0 Å². The number of hydrogen-bond acceptors (Lipinski definition) is 6. The number of aromatic amines is 1. The van der Waals surface area contributed by atoms with Crippen LogP contribution in [0.4, 0.5) is 10.1 Å². The zero-order valence-corrected chi connectivity index (χ0v) is 19.7. The van der Waals surface area contributed by atoms with E-state index in [1.54, 1.807) is 12.4 Å². The molecule has 0 amide bonds. The molecule has 178 valence electrons. The number of hydrogen-bond donors (Lipinski definition) is 2. The van der Waals surface area contributed by atoms with E-state index in [2.05, 4.69) is 43.3 Å². The van der Waals surface area contributed by atoms with E-state index in [0.717, 1.165) is 73.9 Å². The lowest BCUT2D eigenvalue weighted by molar-refractivity contribution is 0.0981. The summed E-state index contributed by atoms with van der Waals surface area (Å²) in [5.74, 6) is -0.310. The van der Waals surface area contributed by atoms with Crippen molar-refractivity contribution in [3.05, 3.63) is 59.3 Å². The first kappa shape index (κ1) is 22.6. The monoisotopic (exact) mass is 461 g/mol. The first-order valence-corrected chi connectivity index (χ1v) is 11.9. The van der Waals surface area contributed by atoms with E-state index in [4.69, 9.17) is 5.73 Å². The third-order valence-electron chi connectivity index (χ3n) is 7.17. The molecule has 0 atom stereocenters. The first-order valence-electron chi connectivity index (χ1n) is 11.9. The van der Waals surface area contributed by atoms with Gasteiger partial charge in [-0.25, -0.2) is 9.37 Å². The molecule has 2 aliphatic rings. The van der Waals surface area contributed by atoms with Crippen molar-refractivity contribution >= 4 is 34.6 Å². The maximum Gasteiger partial charge on any atom is 0.165 e. The molecule has 0 bridgehead atoms. The Labute approximate surface area is 199 Å². The van der Waals surface area contributed by atoms with Gasteiger partial charge in [0.15, 0.2) is 5.82 Å². The van der Waals surface area contributed by atoms with Crippen LogP contribution in [-0.2, 0) is 0 Å².